The highest BCUT2D eigenvalue weighted by atomic mass is 32.2. The molecule has 1 fully saturated rings. The van der Waals surface area contributed by atoms with Gasteiger partial charge in [-0.25, -0.2) is 8.42 Å². The summed E-state index contributed by atoms with van der Waals surface area (Å²) in [4.78, 5) is 11.5. The fraction of sp³-hybridized carbons (Fsp3) is 0.562. The molecule has 1 amide bonds. The molecule has 6 nitrogen and oxygen atoms in total. The van der Waals surface area contributed by atoms with Crippen LogP contribution in [0.25, 0.3) is 0 Å². The Labute approximate surface area is 137 Å². The van der Waals surface area contributed by atoms with E-state index in [1.165, 1.54) is 16.4 Å². The Morgan fingerprint density at radius 2 is 1.83 bits per heavy atom. The smallest absolute Gasteiger partial charge is 0.243 e. The highest BCUT2D eigenvalue weighted by molar-refractivity contribution is 7.89. The number of ether oxygens (including phenoxy) is 1. The van der Waals surface area contributed by atoms with Gasteiger partial charge in [-0.3, -0.25) is 4.79 Å². The molecule has 2 rings (SSSR count). The van der Waals surface area contributed by atoms with Crippen molar-refractivity contribution in [2.75, 3.05) is 13.2 Å². The summed E-state index contributed by atoms with van der Waals surface area (Å²) in [5, 5.41) is 0. The number of nitrogens with two attached hydrogens (primary N) is 1. The largest absolute Gasteiger partial charge is 0.494 e. The number of hydrogen-bond acceptors (Lipinski definition) is 4. The van der Waals surface area contributed by atoms with Crippen LogP contribution < -0.4 is 10.5 Å². The number of sulfonamides is 1. The van der Waals surface area contributed by atoms with Crippen molar-refractivity contribution in [2.24, 2.45) is 5.73 Å². The molecule has 0 heterocycles. The van der Waals surface area contributed by atoms with Crippen molar-refractivity contribution < 1.29 is 17.9 Å². The molecule has 7 heteroatoms. The molecule has 2 N–H and O–H groups in total. The summed E-state index contributed by atoms with van der Waals surface area (Å²) in [6, 6.07) is 6.11. The summed E-state index contributed by atoms with van der Waals surface area (Å²) in [6.07, 6.45) is 4.58. The average Bonchev–Trinajstić information content (AvgIpc) is 2.54. The normalized spacial score (nSPS) is 16.4. The number of nitrogens with zero attached hydrogens (tertiary/aromatic N) is 1. The summed E-state index contributed by atoms with van der Waals surface area (Å²) in [6.45, 7) is 2.10. The van der Waals surface area contributed by atoms with E-state index in [9.17, 15) is 13.2 Å². The molecule has 0 radical (unpaired) electrons. The lowest BCUT2D eigenvalue weighted by Gasteiger charge is -2.32. The number of rotatable bonds is 7. The zero-order valence-corrected chi connectivity index (χ0v) is 14.2. The molecular formula is C16H24N2O4S. The molecule has 23 heavy (non-hydrogen) atoms. The van der Waals surface area contributed by atoms with Crippen molar-refractivity contribution in [3.05, 3.63) is 24.3 Å². The lowest BCUT2D eigenvalue weighted by Crippen LogP contribution is -2.45. The second kappa shape index (κ2) is 7.79. The highest BCUT2D eigenvalue weighted by Crippen LogP contribution is 2.28. The van der Waals surface area contributed by atoms with Gasteiger partial charge in [-0.05, 0) is 44.0 Å². The Morgan fingerprint density at radius 1 is 1.22 bits per heavy atom. The Bertz CT molecular complexity index is 622. The predicted octanol–water partition coefficient (Wildman–Crippen LogP) is 1.89. The molecule has 0 saturated heterocycles. The van der Waals surface area contributed by atoms with Crippen molar-refractivity contribution in [1.82, 2.24) is 4.31 Å². The number of benzene rings is 1. The average molecular weight is 340 g/mol. The minimum atomic E-state index is -3.75. The van der Waals surface area contributed by atoms with Gasteiger partial charge in [-0.1, -0.05) is 19.3 Å². The van der Waals surface area contributed by atoms with E-state index < -0.39 is 15.9 Å². The van der Waals surface area contributed by atoms with Gasteiger partial charge >= 0.3 is 0 Å². The van der Waals surface area contributed by atoms with E-state index in [0.717, 1.165) is 32.1 Å². The van der Waals surface area contributed by atoms with Crippen molar-refractivity contribution >= 4 is 15.9 Å². The number of carbonyl (C=O) groups is 1. The first-order valence-corrected chi connectivity index (χ1v) is 9.42. The van der Waals surface area contributed by atoms with E-state index in [-0.39, 0.29) is 17.5 Å². The maximum absolute atomic E-state index is 12.9. The predicted molar refractivity (Wildman–Crippen MR) is 87.6 cm³/mol. The van der Waals surface area contributed by atoms with E-state index in [2.05, 4.69) is 0 Å². The van der Waals surface area contributed by atoms with Gasteiger partial charge in [0.1, 0.15) is 5.75 Å². The molecule has 0 spiro atoms. The molecule has 0 unspecified atom stereocenters. The maximum atomic E-state index is 12.9. The van der Waals surface area contributed by atoms with Gasteiger partial charge in [-0.15, -0.1) is 0 Å². The van der Waals surface area contributed by atoms with Gasteiger partial charge in [-0.2, -0.15) is 4.31 Å². The molecule has 0 aromatic heterocycles. The maximum Gasteiger partial charge on any atom is 0.243 e. The van der Waals surface area contributed by atoms with E-state index in [0.29, 0.717) is 12.4 Å². The molecule has 1 aliphatic carbocycles. The molecule has 0 bridgehead atoms. The second-order valence-corrected chi connectivity index (χ2v) is 7.60. The van der Waals surface area contributed by atoms with Gasteiger partial charge in [0.2, 0.25) is 15.9 Å². The Morgan fingerprint density at radius 3 is 2.35 bits per heavy atom. The molecule has 128 valence electrons. The molecular weight excluding hydrogens is 316 g/mol. The highest BCUT2D eigenvalue weighted by Gasteiger charge is 2.33. The van der Waals surface area contributed by atoms with Crippen LogP contribution in [0.4, 0.5) is 0 Å². The van der Waals surface area contributed by atoms with Crippen LogP contribution in [-0.4, -0.2) is 37.8 Å². The zero-order valence-electron chi connectivity index (χ0n) is 13.4. The summed E-state index contributed by atoms with van der Waals surface area (Å²) >= 11 is 0. The zero-order chi connectivity index (χ0) is 16.9. The third kappa shape index (κ3) is 4.45. The fourth-order valence-electron chi connectivity index (χ4n) is 2.94. The van der Waals surface area contributed by atoms with Gasteiger partial charge in [0.25, 0.3) is 0 Å². The van der Waals surface area contributed by atoms with E-state index in [4.69, 9.17) is 10.5 Å². The lowest BCUT2D eigenvalue weighted by molar-refractivity contribution is -0.118. The summed E-state index contributed by atoms with van der Waals surface area (Å²) in [5.41, 5.74) is 5.27. The van der Waals surface area contributed by atoms with Crippen LogP contribution in [0.15, 0.2) is 29.2 Å². The first-order valence-electron chi connectivity index (χ1n) is 7.98. The first-order chi connectivity index (χ1) is 10.9. The van der Waals surface area contributed by atoms with Crippen molar-refractivity contribution in [1.29, 1.82) is 0 Å². The monoisotopic (exact) mass is 340 g/mol. The van der Waals surface area contributed by atoms with Gasteiger partial charge in [0.05, 0.1) is 18.0 Å². The van der Waals surface area contributed by atoms with Crippen LogP contribution in [0.5, 0.6) is 5.75 Å². The van der Waals surface area contributed by atoms with E-state index >= 15 is 0 Å². The summed E-state index contributed by atoms with van der Waals surface area (Å²) < 4.78 is 32.4. The Hall–Kier alpha value is -1.60. The van der Waals surface area contributed by atoms with Crippen LogP contribution in [0.3, 0.4) is 0 Å². The minimum absolute atomic E-state index is 0.159. The Kier molecular flexibility index (Phi) is 6.01. The Balaban J connectivity index is 2.28. The number of carbonyl (C=O) groups excluding carboxylic acids is 1. The third-order valence-corrected chi connectivity index (χ3v) is 5.95. The second-order valence-electron chi connectivity index (χ2n) is 5.71. The van der Waals surface area contributed by atoms with Crippen LogP contribution in [0.2, 0.25) is 0 Å². The van der Waals surface area contributed by atoms with Gasteiger partial charge in [0, 0.05) is 6.04 Å². The third-order valence-electron chi connectivity index (χ3n) is 4.03. The summed E-state index contributed by atoms with van der Waals surface area (Å²) in [5.74, 6) is -0.0179. The topological polar surface area (TPSA) is 89.7 Å². The number of amides is 1. The fourth-order valence-corrected chi connectivity index (χ4v) is 4.59. The van der Waals surface area contributed by atoms with Crippen molar-refractivity contribution in [3.63, 3.8) is 0 Å². The van der Waals surface area contributed by atoms with Crippen LogP contribution in [-0.2, 0) is 14.8 Å². The van der Waals surface area contributed by atoms with Crippen LogP contribution in [0, 0.1) is 0 Å². The summed E-state index contributed by atoms with van der Waals surface area (Å²) in [7, 11) is -3.75. The number of primary amides is 1. The van der Waals surface area contributed by atoms with Gasteiger partial charge < -0.3 is 10.5 Å². The van der Waals surface area contributed by atoms with Crippen molar-refractivity contribution in [3.8, 4) is 5.75 Å². The molecule has 0 aliphatic heterocycles. The van der Waals surface area contributed by atoms with Crippen LogP contribution >= 0.6 is 0 Å². The van der Waals surface area contributed by atoms with E-state index in [1.807, 2.05) is 6.92 Å². The SMILES string of the molecule is CCOc1ccc(S(=O)(=O)N(CC(N)=O)C2CCCCC2)cc1. The molecule has 1 saturated carbocycles. The first kappa shape index (κ1) is 17.7. The molecule has 1 aromatic rings. The van der Waals surface area contributed by atoms with E-state index in [1.54, 1.807) is 12.1 Å². The molecule has 1 aliphatic rings. The standard InChI is InChI=1S/C16H24N2O4S/c1-2-22-14-8-10-15(11-9-14)23(20,21)18(12-16(17)19)13-6-4-3-5-7-13/h8-11,13H,2-7,12H2,1H3,(H2,17,19). The van der Waals surface area contributed by atoms with Crippen molar-refractivity contribution in [2.45, 2.75) is 50.0 Å². The van der Waals surface area contributed by atoms with Crippen LogP contribution in [0.1, 0.15) is 39.0 Å². The molecule has 1 aromatic carbocycles. The number of hydrogen-bond donors (Lipinski definition) is 1. The minimum Gasteiger partial charge on any atom is -0.494 e. The quantitative estimate of drug-likeness (QED) is 0.821. The van der Waals surface area contributed by atoms with Gasteiger partial charge in [0.15, 0.2) is 0 Å². The lowest BCUT2D eigenvalue weighted by atomic mass is 9.95. The molecule has 0 atom stereocenters.